The Bertz CT molecular complexity index is 483. The van der Waals surface area contributed by atoms with Crippen molar-refractivity contribution >= 4 is 10.9 Å². The number of fused-ring (bicyclic) bond motifs is 1. The van der Waals surface area contributed by atoms with Crippen LogP contribution in [0.4, 0.5) is 0 Å². The van der Waals surface area contributed by atoms with Gasteiger partial charge in [-0.25, -0.2) is 0 Å². The molecule has 2 rings (SSSR count). The largest absolute Gasteiger partial charge is 0.350 e. The van der Waals surface area contributed by atoms with Gasteiger partial charge in [0.05, 0.1) is 5.52 Å². The lowest BCUT2D eigenvalue weighted by molar-refractivity contribution is 0.742. The predicted molar refractivity (Wildman–Crippen MR) is 69.6 cm³/mol. The number of hydrogen-bond donors (Lipinski definition) is 1. The summed E-state index contributed by atoms with van der Waals surface area (Å²) in [4.78, 5) is 0. The summed E-state index contributed by atoms with van der Waals surface area (Å²) in [6.07, 6.45) is 5.57. The van der Waals surface area contributed by atoms with Gasteiger partial charge in [-0.15, -0.1) is 0 Å². The highest BCUT2D eigenvalue weighted by atomic mass is 14.9. The Balaban J connectivity index is 2.32. The minimum atomic E-state index is 0.797. The molecule has 2 nitrogen and oxygen atoms in total. The Morgan fingerprint density at radius 1 is 1.19 bits per heavy atom. The molecule has 0 bridgehead atoms. The van der Waals surface area contributed by atoms with E-state index in [0.717, 1.165) is 19.4 Å². The molecular formula is C14H20N2. The molecule has 0 unspecified atom stereocenters. The van der Waals surface area contributed by atoms with E-state index >= 15 is 0 Å². The van der Waals surface area contributed by atoms with E-state index in [9.17, 15) is 0 Å². The molecule has 0 fully saturated rings. The lowest BCUT2D eigenvalue weighted by Crippen LogP contribution is -2.00. The highest BCUT2D eigenvalue weighted by Crippen LogP contribution is 2.23. The van der Waals surface area contributed by atoms with Crippen molar-refractivity contribution in [2.24, 2.45) is 12.8 Å². The predicted octanol–water partition coefficient (Wildman–Crippen LogP) is 2.77. The lowest BCUT2D eigenvalue weighted by atomic mass is 10.0. The molecular weight excluding hydrogens is 196 g/mol. The summed E-state index contributed by atoms with van der Waals surface area (Å²) in [6.45, 7) is 3.02. The number of aromatic nitrogens is 1. The highest BCUT2D eigenvalue weighted by Gasteiger charge is 2.05. The van der Waals surface area contributed by atoms with Gasteiger partial charge in [-0.05, 0) is 55.3 Å². The summed E-state index contributed by atoms with van der Waals surface area (Å²) >= 11 is 0. The van der Waals surface area contributed by atoms with Crippen LogP contribution in [0.2, 0.25) is 0 Å². The molecule has 0 aliphatic carbocycles. The van der Waals surface area contributed by atoms with Crippen molar-refractivity contribution in [2.75, 3.05) is 6.54 Å². The molecule has 0 saturated heterocycles. The van der Waals surface area contributed by atoms with E-state index < -0.39 is 0 Å². The van der Waals surface area contributed by atoms with Gasteiger partial charge in [0.15, 0.2) is 0 Å². The zero-order valence-electron chi connectivity index (χ0n) is 10.2. The van der Waals surface area contributed by atoms with Crippen molar-refractivity contribution in [1.82, 2.24) is 4.57 Å². The van der Waals surface area contributed by atoms with Crippen LogP contribution >= 0.6 is 0 Å². The fourth-order valence-corrected chi connectivity index (χ4v) is 2.36. The zero-order valence-corrected chi connectivity index (χ0v) is 10.2. The number of rotatable bonds is 4. The van der Waals surface area contributed by atoms with E-state index in [4.69, 9.17) is 5.73 Å². The van der Waals surface area contributed by atoms with E-state index in [0.29, 0.717) is 0 Å². The Labute approximate surface area is 97.1 Å². The van der Waals surface area contributed by atoms with Gasteiger partial charge in [0, 0.05) is 13.2 Å². The molecule has 16 heavy (non-hydrogen) atoms. The maximum Gasteiger partial charge on any atom is 0.0510 e. The SMILES string of the molecule is Cc1c(CCCCN)ccc2ccn(C)c12. The fraction of sp³-hybridized carbons (Fsp3) is 0.429. The maximum absolute atomic E-state index is 5.52. The monoisotopic (exact) mass is 216 g/mol. The second-order valence-electron chi connectivity index (χ2n) is 4.46. The van der Waals surface area contributed by atoms with Crippen molar-refractivity contribution in [3.8, 4) is 0 Å². The molecule has 2 heteroatoms. The van der Waals surface area contributed by atoms with Gasteiger partial charge in [0.1, 0.15) is 0 Å². The number of unbranched alkanes of at least 4 members (excludes halogenated alkanes) is 1. The molecule has 1 heterocycles. The van der Waals surface area contributed by atoms with Crippen LogP contribution in [-0.2, 0) is 13.5 Å². The van der Waals surface area contributed by atoms with Gasteiger partial charge in [0.25, 0.3) is 0 Å². The minimum absolute atomic E-state index is 0.797. The molecule has 0 aliphatic heterocycles. The Morgan fingerprint density at radius 2 is 2.00 bits per heavy atom. The third-order valence-electron chi connectivity index (χ3n) is 3.31. The van der Waals surface area contributed by atoms with Gasteiger partial charge >= 0.3 is 0 Å². The molecule has 0 amide bonds. The average molecular weight is 216 g/mol. The first-order chi connectivity index (χ1) is 7.74. The third-order valence-corrected chi connectivity index (χ3v) is 3.31. The molecule has 86 valence electrons. The second-order valence-corrected chi connectivity index (χ2v) is 4.46. The quantitative estimate of drug-likeness (QED) is 0.783. The molecule has 2 N–H and O–H groups in total. The molecule has 1 aromatic heterocycles. The number of aryl methyl sites for hydroxylation is 3. The standard InChI is InChI=1S/C14H20N2/c1-11-12(5-3-4-9-15)6-7-13-8-10-16(2)14(11)13/h6-8,10H,3-5,9,15H2,1-2H3. The molecule has 0 aliphatic rings. The summed E-state index contributed by atoms with van der Waals surface area (Å²) in [5.74, 6) is 0. The van der Waals surface area contributed by atoms with Crippen LogP contribution in [0.25, 0.3) is 10.9 Å². The van der Waals surface area contributed by atoms with Gasteiger partial charge in [-0.3, -0.25) is 0 Å². The van der Waals surface area contributed by atoms with Crippen LogP contribution in [0, 0.1) is 6.92 Å². The van der Waals surface area contributed by atoms with Crippen LogP contribution in [0.15, 0.2) is 24.4 Å². The first kappa shape index (κ1) is 11.2. The number of nitrogens with two attached hydrogens (primary N) is 1. The van der Waals surface area contributed by atoms with Crippen molar-refractivity contribution in [2.45, 2.75) is 26.2 Å². The van der Waals surface area contributed by atoms with E-state index in [2.05, 4.69) is 42.9 Å². The van der Waals surface area contributed by atoms with E-state index in [1.807, 2.05) is 0 Å². The Hall–Kier alpha value is -1.28. The molecule has 2 aromatic rings. The number of nitrogens with zero attached hydrogens (tertiary/aromatic N) is 1. The second kappa shape index (κ2) is 4.71. The van der Waals surface area contributed by atoms with Gasteiger partial charge in [-0.2, -0.15) is 0 Å². The van der Waals surface area contributed by atoms with Gasteiger partial charge in [0.2, 0.25) is 0 Å². The Morgan fingerprint density at radius 3 is 2.75 bits per heavy atom. The fourth-order valence-electron chi connectivity index (χ4n) is 2.36. The summed E-state index contributed by atoms with van der Waals surface area (Å²) < 4.78 is 2.21. The normalized spacial score (nSPS) is 11.2. The van der Waals surface area contributed by atoms with E-state index in [1.165, 1.54) is 28.5 Å². The van der Waals surface area contributed by atoms with Crippen LogP contribution in [0.3, 0.4) is 0 Å². The lowest BCUT2D eigenvalue weighted by Gasteiger charge is -2.08. The van der Waals surface area contributed by atoms with Gasteiger partial charge < -0.3 is 10.3 Å². The van der Waals surface area contributed by atoms with E-state index in [1.54, 1.807) is 0 Å². The molecule has 0 saturated carbocycles. The van der Waals surface area contributed by atoms with Crippen molar-refractivity contribution in [3.63, 3.8) is 0 Å². The maximum atomic E-state index is 5.52. The highest BCUT2D eigenvalue weighted by molar-refractivity contribution is 5.84. The Kier molecular flexibility index (Phi) is 3.30. The average Bonchev–Trinajstić information content (AvgIpc) is 2.65. The summed E-state index contributed by atoms with van der Waals surface area (Å²) in [6, 6.07) is 6.65. The summed E-state index contributed by atoms with van der Waals surface area (Å²) in [5.41, 5.74) is 9.77. The molecule has 1 aromatic carbocycles. The molecule has 0 radical (unpaired) electrons. The molecule has 0 spiro atoms. The van der Waals surface area contributed by atoms with E-state index in [-0.39, 0.29) is 0 Å². The topological polar surface area (TPSA) is 30.9 Å². The van der Waals surface area contributed by atoms with Gasteiger partial charge in [-0.1, -0.05) is 12.1 Å². The third kappa shape index (κ3) is 1.98. The summed E-state index contributed by atoms with van der Waals surface area (Å²) in [7, 11) is 2.11. The van der Waals surface area contributed by atoms with Crippen molar-refractivity contribution in [3.05, 3.63) is 35.5 Å². The van der Waals surface area contributed by atoms with Crippen LogP contribution in [0.1, 0.15) is 24.0 Å². The van der Waals surface area contributed by atoms with Crippen molar-refractivity contribution < 1.29 is 0 Å². The van der Waals surface area contributed by atoms with Crippen LogP contribution in [-0.4, -0.2) is 11.1 Å². The molecule has 0 atom stereocenters. The zero-order chi connectivity index (χ0) is 11.5. The smallest absolute Gasteiger partial charge is 0.0510 e. The number of hydrogen-bond acceptors (Lipinski definition) is 1. The summed E-state index contributed by atoms with van der Waals surface area (Å²) in [5, 5.41) is 1.34. The first-order valence-corrected chi connectivity index (χ1v) is 5.97. The minimum Gasteiger partial charge on any atom is -0.350 e. The first-order valence-electron chi connectivity index (χ1n) is 5.97. The van der Waals surface area contributed by atoms with Crippen molar-refractivity contribution in [1.29, 1.82) is 0 Å². The van der Waals surface area contributed by atoms with Crippen LogP contribution in [0.5, 0.6) is 0 Å². The number of benzene rings is 1. The van der Waals surface area contributed by atoms with Crippen LogP contribution < -0.4 is 5.73 Å².